The summed E-state index contributed by atoms with van der Waals surface area (Å²) in [6, 6.07) is 0. The molecule has 1 aliphatic heterocycles. The van der Waals surface area contributed by atoms with E-state index in [1.807, 2.05) is 11.8 Å². The Hall–Kier alpha value is -0.290. The summed E-state index contributed by atoms with van der Waals surface area (Å²) >= 11 is 0. The summed E-state index contributed by atoms with van der Waals surface area (Å²) in [5.74, 6) is 0.268. The number of halogens is 3. The van der Waals surface area contributed by atoms with Gasteiger partial charge in [-0.15, -0.1) is 0 Å². The highest BCUT2D eigenvalue weighted by atomic mass is 19.4. The molecule has 0 aromatic heterocycles. The summed E-state index contributed by atoms with van der Waals surface area (Å²) in [6.07, 6.45) is -0.705. The first-order valence-electron chi connectivity index (χ1n) is 7.35. The van der Waals surface area contributed by atoms with Crippen molar-refractivity contribution in [3.63, 3.8) is 0 Å². The number of piperidine rings is 1. The van der Waals surface area contributed by atoms with Gasteiger partial charge >= 0.3 is 6.18 Å². The minimum absolute atomic E-state index is 0.158. The van der Waals surface area contributed by atoms with Gasteiger partial charge in [-0.2, -0.15) is 13.2 Å². The average molecular weight is 279 g/mol. The van der Waals surface area contributed by atoms with Gasteiger partial charge in [0.05, 0.1) is 11.5 Å². The van der Waals surface area contributed by atoms with E-state index < -0.39 is 11.6 Å². The number of hydrogen-bond donors (Lipinski definition) is 1. The van der Waals surface area contributed by atoms with Crippen LogP contribution in [-0.4, -0.2) is 41.9 Å². The topological polar surface area (TPSA) is 23.5 Å². The van der Waals surface area contributed by atoms with E-state index in [1.54, 1.807) is 0 Å². The molecule has 5 heteroatoms. The van der Waals surface area contributed by atoms with Crippen LogP contribution in [-0.2, 0) is 0 Å². The van der Waals surface area contributed by atoms with Gasteiger partial charge < -0.3 is 10.0 Å². The molecule has 0 spiro atoms. The average Bonchev–Trinajstić information content (AvgIpc) is 2.32. The number of rotatable bonds is 4. The van der Waals surface area contributed by atoms with Crippen molar-refractivity contribution in [1.82, 2.24) is 4.90 Å². The van der Waals surface area contributed by atoms with Crippen LogP contribution in [0, 0.1) is 11.3 Å². The lowest BCUT2D eigenvalue weighted by Gasteiger charge is -2.47. The highest BCUT2D eigenvalue weighted by molar-refractivity contribution is 4.96. The number of aliphatic hydroxyl groups is 1. The number of alkyl halides is 3. The highest BCUT2D eigenvalue weighted by Crippen LogP contribution is 2.53. The molecule has 2 fully saturated rings. The number of hydrogen-bond acceptors (Lipinski definition) is 2. The van der Waals surface area contributed by atoms with Gasteiger partial charge in [-0.25, -0.2) is 0 Å². The van der Waals surface area contributed by atoms with Crippen molar-refractivity contribution in [3.8, 4) is 0 Å². The standard InChI is InChI=1S/C14H24F3NO/c1-2-12(19)11-4-8-18(9-5-11)10-13(6-3-7-13)14(15,16)17/h11-12,19H,2-10H2,1H3. The van der Waals surface area contributed by atoms with E-state index in [9.17, 15) is 18.3 Å². The molecule has 1 aliphatic carbocycles. The Bertz CT molecular complexity index is 294. The molecule has 0 aromatic carbocycles. The number of aliphatic hydroxyl groups excluding tert-OH is 1. The van der Waals surface area contributed by atoms with E-state index >= 15 is 0 Å². The second-order valence-electron chi connectivity index (χ2n) is 6.22. The van der Waals surface area contributed by atoms with Gasteiger partial charge in [-0.05, 0) is 51.1 Å². The van der Waals surface area contributed by atoms with Gasteiger partial charge in [0, 0.05) is 6.54 Å². The minimum atomic E-state index is -4.06. The molecule has 1 N–H and O–H groups in total. The Morgan fingerprint density at radius 3 is 2.21 bits per heavy atom. The second-order valence-corrected chi connectivity index (χ2v) is 6.22. The maximum Gasteiger partial charge on any atom is 0.395 e. The first kappa shape index (κ1) is 15.1. The predicted molar refractivity (Wildman–Crippen MR) is 67.8 cm³/mol. The second kappa shape index (κ2) is 5.60. The van der Waals surface area contributed by atoms with Crippen LogP contribution in [0.15, 0.2) is 0 Å². The molecule has 1 heterocycles. The lowest BCUT2D eigenvalue weighted by Crippen LogP contribution is -2.53. The van der Waals surface area contributed by atoms with Crippen LogP contribution in [0.5, 0.6) is 0 Å². The Balaban J connectivity index is 1.85. The molecule has 1 saturated heterocycles. The zero-order chi connectivity index (χ0) is 14.1. The monoisotopic (exact) mass is 279 g/mol. The molecule has 0 amide bonds. The molecule has 0 aromatic rings. The molecule has 2 aliphatic rings. The van der Waals surface area contributed by atoms with Crippen LogP contribution in [0.2, 0.25) is 0 Å². The van der Waals surface area contributed by atoms with Gasteiger partial charge in [-0.3, -0.25) is 0 Å². The zero-order valence-corrected chi connectivity index (χ0v) is 11.5. The van der Waals surface area contributed by atoms with Crippen molar-refractivity contribution in [1.29, 1.82) is 0 Å². The summed E-state index contributed by atoms with van der Waals surface area (Å²) in [7, 11) is 0. The van der Waals surface area contributed by atoms with Gasteiger partial charge in [-0.1, -0.05) is 13.3 Å². The quantitative estimate of drug-likeness (QED) is 0.854. The third-order valence-electron chi connectivity index (χ3n) is 5.03. The van der Waals surface area contributed by atoms with E-state index in [2.05, 4.69) is 0 Å². The maximum absolute atomic E-state index is 13.1. The maximum atomic E-state index is 13.1. The fourth-order valence-electron chi connectivity index (χ4n) is 3.39. The van der Waals surface area contributed by atoms with Crippen molar-refractivity contribution < 1.29 is 18.3 Å². The van der Waals surface area contributed by atoms with Crippen molar-refractivity contribution in [2.45, 2.75) is 57.7 Å². The van der Waals surface area contributed by atoms with E-state index in [0.717, 1.165) is 19.3 Å². The van der Waals surface area contributed by atoms with Crippen LogP contribution in [0.1, 0.15) is 45.4 Å². The molecule has 19 heavy (non-hydrogen) atoms. The van der Waals surface area contributed by atoms with Gasteiger partial charge in [0.15, 0.2) is 0 Å². The van der Waals surface area contributed by atoms with Crippen LogP contribution in [0.4, 0.5) is 13.2 Å². The fraction of sp³-hybridized carbons (Fsp3) is 1.00. The van der Waals surface area contributed by atoms with Crippen LogP contribution in [0.3, 0.4) is 0 Å². The van der Waals surface area contributed by atoms with Crippen molar-refractivity contribution >= 4 is 0 Å². The smallest absolute Gasteiger partial charge is 0.393 e. The SMILES string of the molecule is CCC(O)C1CCN(CC2(C(F)(F)F)CCC2)CC1. The highest BCUT2D eigenvalue weighted by Gasteiger charge is 2.58. The van der Waals surface area contributed by atoms with Gasteiger partial charge in [0.1, 0.15) is 0 Å². The van der Waals surface area contributed by atoms with Crippen LogP contribution < -0.4 is 0 Å². The fourth-order valence-corrected chi connectivity index (χ4v) is 3.39. The Kier molecular flexibility index (Phi) is 4.45. The molecular weight excluding hydrogens is 255 g/mol. The lowest BCUT2D eigenvalue weighted by atomic mass is 9.67. The molecule has 2 nitrogen and oxygen atoms in total. The van der Waals surface area contributed by atoms with Crippen molar-refractivity contribution in [2.75, 3.05) is 19.6 Å². The van der Waals surface area contributed by atoms with Crippen molar-refractivity contribution in [2.24, 2.45) is 11.3 Å². The van der Waals surface area contributed by atoms with Crippen molar-refractivity contribution in [3.05, 3.63) is 0 Å². The largest absolute Gasteiger partial charge is 0.395 e. The lowest BCUT2D eigenvalue weighted by molar-refractivity contribution is -0.256. The number of likely N-dealkylation sites (tertiary alicyclic amines) is 1. The first-order valence-corrected chi connectivity index (χ1v) is 7.35. The van der Waals surface area contributed by atoms with E-state index in [-0.39, 0.29) is 31.4 Å². The number of nitrogens with zero attached hydrogens (tertiary/aromatic N) is 1. The molecule has 0 bridgehead atoms. The van der Waals surface area contributed by atoms with Crippen LogP contribution in [0.25, 0.3) is 0 Å². The molecular formula is C14H24F3NO. The summed E-state index contributed by atoms with van der Waals surface area (Å²) in [6.45, 7) is 3.49. The Morgan fingerprint density at radius 1 is 1.26 bits per heavy atom. The van der Waals surface area contributed by atoms with Gasteiger partial charge in [0.2, 0.25) is 0 Å². The van der Waals surface area contributed by atoms with E-state index in [0.29, 0.717) is 19.5 Å². The predicted octanol–water partition coefficient (Wildman–Crippen LogP) is 3.20. The summed E-state index contributed by atoms with van der Waals surface area (Å²) in [5.41, 5.74) is -1.44. The zero-order valence-electron chi connectivity index (χ0n) is 11.5. The first-order chi connectivity index (χ1) is 8.88. The third kappa shape index (κ3) is 3.07. The summed E-state index contributed by atoms with van der Waals surface area (Å²) in [4.78, 5) is 1.95. The normalized spacial score (nSPS) is 27.0. The molecule has 1 saturated carbocycles. The molecule has 1 atom stereocenters. The summed E-state index contributed by atoms with van der Waals surface area (Å²) < 4.78 is 39.3. The molecule has 1 unspecified atom stereocenters. The Labute approximate surface area is 113 Å². The molecule has 2 rings (SSSR count). The molecule has 0 radical (unpaired) electrons. The molecule has 112 valence electrons. The minimum Gasteiger partial charge on any atom is -0.393 e. The Morgan fingerprint density at radius 2 is 1.84 bits per heavy atom. The van der Waals surface area contributed by atoms with E-state index in [1.165, 1.54) is 0 Å². The third-order valence-corrected chi connectivity index (χ3v) is 5.03. The van der Waals surface area contributed by atoms with Gasteiger partial charge in [0.25, 0.3) is 0 Å². The summed E-state index contributed by atoms with van der Waals surface area (Å²) in [5, 5.41) is 9.79. The van der Waals surface area contributed by atoms with E-state index in [4.69, 9.17) is 0 Å². The van der Waals surface area contributed by atoms with Crippen LogP contribution >= 0.6 is 0 Å².